The van der Waals surface area contributed by atoms with Crippen LogP contribution >= 0.6 is 22.6 Å². The smallest absolute Gasteiger partial charge is 0.258 e. The lowest BCUT2D eigenvalue weighted by Gasteiger charge is -2.09. The summed E-state index contributed by atoms with van der Waals surface area (Å²) < 4.78 is 19.7. The fourth-order valence-electron chi connectivity index (χ4n) is 1.58. The molecule has 1 rings (SSSR count). The van der Waals surface area contributed by atoms with Gasteiger partial charge in [-0.15, -0.1) is 0 Å². The van der Waals surface area contributed by atoms with Crippen molar-refractivity contribution in [3.63, 3.8) is 0 Å². The molecule has 0 fully saturated rings. The minimum atomic E-state index is -0.556. The Morgan fingerprint density at radius 1 is 1.39 bits per heavy atom. The number of carbonyl (C=O) groups is 1. The van der Waals surface area contributed by atoms with Crippen LogP contribution in [0.3, 0.4) is 0 Å². The molecule has 1 N–H and O–H groups in total. The Bertz CT molecular complexity index is 399. The lowest BCUT2D eigenvalue weighted by Crippen LogP contribution is -2.26. The molecule has 3 nitrogen and oxygen atoms in total. The van der Waals surface area contributed by atoms with E-state index in [1.165, 1.54) is 19.2 Å². The van der Waals surface area contributed by atoms with E-state index in [0.29, 0.717) is 6.54 Å². The third-order valence-corrected chi connectivity index (χ3v) is 3.28. The van der Waals surface area contributed by atoms with Crippen LogP contribution in [0.1, 0.15) is 29.6 Å². The van der Waals surface area contributed by atoms with E-state index in [4.69, 9.17) is 4.74 Å². The highest BCUT2D eigenvalue weighted by Gasteiger charge is 2.16. The maximum Gasteiger partial charge on any atom is 0.258 e. The Hall–Kier alpha value is -0.850. The molecule has 0 saturated heterocycles. The molecule has 0 atom stereocenters. The summed E-state index contributed by atoms with van der Waals surface area (Å²) in [4.78, 5) is 11.8. The largest absolute Gasteiger partial charge is 0.496 e. The summed E-state index contributed by atoms with van der Waals surface area (Å²) in [6.07, 6.45) is 3.11. The summed E-state index contributed by atoms with van der Waals surface area (Å²) in [7, 11) is 1.42. The number of halogens is 2. The van der Waals surface area contributed by atoms with Gasteiger partial charge in [0.15, 0.2) is 0 Å². The van der Waals surface area contributed by atoms with E-state index in [9.17, 15) is 9.18 Å². The zero-order chi connectivity index (χ0) is 13.4. The van der Waals surface area contributed by atoms with Gasteiger partial charge in [-0.1, -0.05) is 35.1 Å². The Kier molecular flexibility index (Phi) is 7.00. The van der Waals surface area contributed by atoms with Gasteiger partial charge in [-0.05, 0) is 29.4 Å². The van der Waals surface area contributed by atoms with Crippen LogP contribution in [0.4, 0.5) is 4.39 Å². The minimum Gasteiger partial charge on any atom is -0.496 e. The van der Waals surface area contributed by atoms with Crippen LogP contribution in [0.15, 0.2) is 18.2 Å². The van der Waals surface area contributed by atoms with Gasteiger partial charge in [0.1, 0.15) is 17.1 Å². The number of carbonyl (C=O) groups excluding carboxylic acids is 1. The van der Waals surface area contributed by atoms with Gasteiger partial charge < -0.3 is 10.1 Å². The molecule has 5 heteroatoms. The molecule has 18 heavy (non-hydrogen) atoms. The molecule has 0 aliphatic heterocycles. The number of alkyl halides is 1. The fourth-order valence-corrected chi connectivity index (χ4v) is 2.12. The highest BCUT2D eigenvalue weighted by Crippen LogP contribution is 2.20. The van der Waals surface area contributed by atoms with Gasteiger partial charge in [0.05, 0.1) is 7.11 Å². The number of hydrogen-bond acceptors (Lipinski definition) is 2. The van der Waals surface area contributed by atoms with Crippen molar-refractivity contribution in [2.24, 2.45) is 0 Å². The Morgan fingerprint density at radius 3 is 2.83 bits per heavy atom. The average Bonchev–Trinajstić information content (AvgIpc) is 2.37. The lowest BCUT2D eigenvalue weighted by atomic mass is 10.1. The molecule has 0 heterocycles. The molecule has 100 valence electrons. The van der Waals surface area contributed by atoms with Crippen LogP contribution in [-0.4, -0.2) is 24.0 Å². The van der Waals surface area contributed by atoms with E-state index in [-0.39, 0.29) is 11.3 Å². The van der Waals surface area contributed by atoms with Gasteiger partial charge in [-0.2, -0.15) is 0 Å². The minimum absolute atomic E-state index is 0.0195. The zero-order valence-electron chi connectivity index (χ0n) is 10.3. The monoisotopic (exact) mass is 365 g/mol. The topological polar surface area (TPSA) is 38.3 Å². The molecule has 0 radical (unpaired) electrons. The molecule has 0 aliphatic carbocycles. The van der Waals surface area contributed by atoms with E-state index < -0.39 is 11.7 Å². The zero-order valence-corrected chi connectivity index (χ0v) is 12.5. The summed E-state index contributed by atoms with van der Waals surface area (Å²) in [6, 6.07) is 4.35. The quantitative estimate of drug-likeness (QED) is 0.458. The van der Waals surface area contributed by atoms with Gasteiger partial charge in [0, 0.05) is 6.54 Å². The second-order valence-corrected chi connectivity index (χ2v) is 4.90. The van der Waals surface area contributed by atoms with E-state index in [1.54, 1.807) is 6.07 Å². The number of unbranched alkanes of at least 4 members (excludes halogenated alkanes) is 2. The summed E-state index contributed by atoms with van der Waals surface area (Å²) in [5.41, 5.74) is -0.0195. The van der Waals surface area contributed by atoms with Crippen molar-refractivity contribution in [3.05, 3.63) is 29.6 Å². The SMILES string of the molecule is COc1cccc(F)c1C(=O)NCCCCCI. The van der Waals surface area contributed by atoms with Gasteiger partial charge in [-0.25, -0.2) is 4.39 Å². The predicted molar refractivity (Wildman–Crippen MR) is 78.0 cm³/mol. The van der Waals surface area contributed by atoms with E-state index in [2.05, 4.69) is 27.9 Å². The van der Waals surface area contributed by atoms with Crippen LogP contribution < -0.4 is 10.1 Å². The third-order valence-electron chi connectivity index (χ3n) is 2.52. The molecular formula is C13H17FINO2. The highest BCUT2D eigenvalue weighted by molar-refractivity contribution is 14.1. The first-order valence-electron chi connectivity index (χ1n) is 5.87. The molecule has 1 amide bonds. The molecule has 0 aliphatic rings. The van der Waals surface area contributed by atoms with Crippen molar-refractivity contribution < 1.29 is 13.9 Å². The van der Waals surface area contributed by atoms with Crippen molar-refractivity contribution in [2.75, 3.05) is 18.1 Å². The van der Waals surface area contributed by atoms with Crippen molar-refractivity contribution >= 4 is 28.5 Å². The molecule has 1 aromatic rings. The second kappa shape index (κ2) is 8.29. The predicted octanol–water partition coefficient (Wildman–Crippen LogP) is 3.17. The van der Waals surface area contributed by atoms with Crippen molar-refractivity contribution in [3.8, 4) is 5.75 Å². The van der Waals surface area contributed by atoms with Crippen LogP contribution in [-0.2, 0) is 0 Å². The Morgan fingerprint density at radius 2 is 2.17 bits per heavy atom. The van der Waals surface area contributed by atoms with E-state index >= 15 is 0 Å². The number of nitrogens with one attached hydrogen (secondary N) is 1. The number of benzene rings is 1. The molecular weight excluding hydrogens is 348 g/mol. The summed E-state index contributed by atoms with van der Waals surface area (Å²) in [5, 5.41) is 2.71. The summed E-state index contributed by atoms with van der Waals surface area (Å²) in [6.45, 7) is 0.562. The van der Waals surface area contributed by atoms with E-state index in [0.717, 1.165) is 23.7 Å². The number of amides is 1. The van der Waals surface area contributed by atoms with Crippen molar-refractivity contribution in [2.45, 2.75) is 19.3 Å². The number of ether oxygens (including phenoxy) is 1. The lowest BCUT2D eigenvalue weighted by molar-refractivity contribution is 0.0945. The van der Waals surface area contributed by atoms with Crippen molar-refractivity contribution in [1.82, 2.24) is 5.32 Å². The first-order chi connectivity index (χ1) is 8.70. The molecule has 0 unspecified atom stereocenters. The van der Waals surface area contributed by atoms with E-state index in [1.807, 2.05) is 0 Å². The first kappa shape index (κ1) is 15.2. The van der Waals surface area contributed by atoms with Gasteiger partial charge in [0.25, 0.3) is 5.91 Å². The van der Waals surface area contributed by atoms with Gasteiger partial charge in [-0.3, -0.25) is 4.79 Å². The Balaban J connectivity index is 2.56. The molecule has 1 aromatic carbocycles. The second-order valence-electron chi connectivity index (χ2n) is 3.82. The molecule has 0 bridgehead atoms. The fraction of sp³-hybridized carbons (Fsp3) is 0.462. The summed E-state index contributed by atoms with van der Waals surface area (Å²) in [5.74, 6) is -0.710. The van der Waals surface area contributed by atoms with Gasteiger partial charge in [0.2, 0.25) is 0 Å². The van der Waals surface area contributed by atoms with Crippen LogP contribution in [0.2, 0.25) is 0 Å². The third kappa shape index (κ3) is 4.44. The number of methoxy groups -OCH3 is 1. The molecule has 0 aromatic heterocycles. The highest BCUT2D eigenvalue weighted by atomic mass is 127. The maximum atomic E-state index is 13.6. The first-order valence-corrected chi connectivity index (χ1v) is 7.40. The summed E-state index contributed by atoms with van der Waals surface area (Å²) >= 11 is 2.32. The van der Waals surface area contributed by atoms with Gasteiger partial charge >= 0.3 is 0 Å². The van der Waals surface area contributed by atoms with Crippen LogP contribution in [0.5, 0.6) is 5.75 Å². The standard InChI is InChI=1S/C13H17FINO2/c1-18-11-7-5-6-10(14)12(11)13(17)16-9-4-2-3-8-15/h5-7H,2-4,8-9H2,1H3,(H,16,17). The molecule has 0 saturated carbocycles. The van der Waals surface area contributed by atoms with Crippen LogP contribution in [0.25, 0.3) is 0 Å². The molecule has 0 spiro atoms. The number of hydrogen-bond donors (Lipinski definition) is 1. The normalized spacial score (nSPS) is 10.2. The number of rotatable bonds is 7. The average molecular weight is 365 g/mol. The Labute approximate surface area is 120 Å². The van der Waals surface area contributed by atoms with Crippen LogP contribution in [0, 0.1) is 5.82 Å². The maximum absolute atomic E-state index is 13.6. The van der Waals surface area contributed by atoms with Crippen molar-refractivity contribution in [1.29, 1.82) is 0 Å².